The van der Waals surface area contributed by atoms with Gasteiger partial charge in [-0.25, -0.2) is 9.97 Å². The Labute approximate surface area is 154 Å². The zero-order valence-electron chi connectivity index (χ0n) is 14.9. The molecule has 0 saturated carbocycles. The van der Waals surface area contributed by atoms with Crippen LogP contribution >= 0.6 is 0 Å². The number of carbonyl (C=O) groups is 1. The first-order valence-corrected chi connectivity index (χ1v) is 8.86. The molecular formula is C19H19N5O3. The van der Waals surface area contributed by atoms with Crippen molar-refractivity contribution < 1.29 is 4.79 Å². The fourth-order valence-corrected chi connectivity index (χ4v) is 3.56. The van der Waals surface area contributed by atoms with Gasteiger partial charge in [-0.15, -0.1) is 0 Å². The molecule has 4 heterocycles. The van der Waals surface area contributed by atoms with Crippen LogP contribution < -0.4 is 11.1 Å². The summed E-state index contributed by atoms with van der Waals surface area (Å²) in [5.41, 5.74) is 0.658. The Hall–Kier alpha value is -3.29. The predicted molar refractivity (Wildman–Crippen MR) is 98.9 cm³/mol. The minimum absolute atomic E-state index is 0.0279. The second-order valence-corrected chi connectivity index (χ2v) is 6.75. The Morgan fingerprint density at radius 1 is 1.30 bits per heavy atom. The van der Waals surface area contributed by atoms with Gasteiger partial charge < -0.3 is 9.88 Å². The Balaban J connectivity index is 1.63. The van der Waals surface area contributed by atoms with Crippen molar-refractivity contribution in [2.45, 2.75) is 25.7 Å². The second-order valence-electron chi connectivity index (χ2n) is 6.75. The van der Waals surface area contributed by atoms with Gasteiger partial charge in [0.2, 0.25) is 0 Å². The first-order valence-electron chi connectivity index (χ1n) is 8.86. The number of hydrogen-bond donors (Lipinski definition) is 1. The van der Waals surface area contributed by atoms with Gasteiger partial charge >= 0.3 is 0 Å². The average Bonchev–Trinajstić information content (AvgIpc) is 2.67. The lowest BCUT2D eigenvalue weighted by Crippen LogP contribution is -2.42. The number of aromatic nitrogens is 4. The third-order valence-electron chi connectivity index (χ3n) is 4.85. The third kappa shape index (κ3) is 3.25. The van der Waals surface area contributed by atoms with Crippen molar-refractivity contribution in [3.63, 3.8) is 0 Å². The van der Waals surface area contributed by atoms with Gasteiger partial charge in [0.1, 0.15) is 17.0 Å². The monoisotopic (exact) mass is 365 g/mol. The zero-order chi connectivity index (χ0) is 19.0. The molecule has 1 atom stereocenters. The van der Waals surface area contributed by atoms with Crippen molar-refractivity contribution in [1.82, 2.24) is 24.3 Å². The Bertz CT molecular complexity index is 1130. The Kier molecular flexibility index (Phi) is 4.31. The summed E-state index contributed by atoms with van der Waals surface area (Å²) in [7, 11) is 0. The average molecular weight is 365 g/mol. The highest BCUT2D eigenvalue weighted by Crippen LogP contribution is 2.25. The number of nitrogens with zero attached hydrogens (tertiary/aromatic N) is 4. The van der Waals surface area contributed by atoms with E-state index in [1.54, 1.807) is 36.2 Å². The molecule has 8 heteroatoms. The number of H-pyrrole nitrogens is 1. The van der Waals surface area contributed by atoms with E-state index in [2.05, 4.69) is 15.0 Å². The van der Waals surface area contributed by atoms with Gasteiger partial charge in [-0.2, -0.15) is 0 Å². The lowest BCUT2D eigenvalue weighted by molar-refractivity contribution is 0.0703. The molecule has 0 radical (unpaired) electrons. The highest BCUT2D eigenvalue weighted by Gasteiger charge is 2.28. The minimum Gasteiger partial charge on any atom is -0.338 e. The molecule has 1 saturated heterocycles. The normalized spacial score (nSPS) is 17.2. The maximum absolute atomic E-state index is 13.0. The van der Waals surface area contributed by atoms with E-state index in [0.29, 0.717) is 30.3 Å². The van der Waals surface area contributed by atoms with Crippen molar-refractivity contribution in [3.8, 4) is 0 Å². The number of carbonyl (C=O) groups excluding carboxylic acids is 1. The molecule has 1 unspecified atom stereocenters. The highest BCUT2D eigenvalue weighted by atomic mass is 16.2. The molecule has 1 aliphatic rings. The largest absolute Gasteiger partial charge is 0.338 e. The van der Waals surface area contributed by atoms with Gasteiger partial charge in [-0.3, -0.25) is 18.8 Å². The third-order valence-corrected chi connectivity index (χ3v) is 4.85. The van der Waals surface area contributed by atoms with Crippen molar-refractivity contribution in [2.75, 3.05) is 13.1 Å². The molecule has 27 heavy (non-hydrogen) atoms. The first kappa shape index (κ1) is 17.1. The number of aromatic amines is 1. The van der Waals surface area contributed by atoms with Gasteiger partial charge in [-0.1, -0.05) is 6.07 Å². The van der Waals surface area contributed by atoms with E-state index in [-0.39, 0.29) is 28.5 Å². The van der Waals surface area contributed by atoms with Crippen LogP contribution in [0.25, 0.3) is 5.65 Å². The molecule has 138 valence electrons. The molecule has 4 rings (SSSR count). The van der Waals surface area contributed by atoms with E-state index < -0.39 is 0 Å². The van der Waals surface area contributed by atoms with Crippen molar-refractivity contribution >= 4 is 11.6 Å². The summed E-state index contributed by atoms with van der Waals surface area (Å²) in [5.74, 6) is 0.190. The van der Waals surface area contributed by atoms with Crippen LogP contribution in [0, 0.1) is 6.92 Å². The molecule has 3 aromatic rings. The van der Waals surface area contributed by atoms with Crippen LogP contribution in [0.5, 0.6) is 0 Å². The van der Waals surface area contributed by atoms with Gasteiger partial charge in [0, 0.05) is 37.5 Å². The van der Waals surface area contributed by atoms with Gasteiger partial charge in [-0.05, 0) is 31.9 Å². The Morgan fingerprint density at radius 2 is 2.15 bits per heavy atom. The molecular weight excluding hydrogens is 346 g/mol. The maximum atomic E-state index is 13.0. The number of amides is 1. The number of aryl methyl sites for hydroxylation is 1. The van der Waals surface area contributed by atoms with Crippen LogP contribution in [0.1, 0.15) is 40.6 Å². The van der Waals surface area contributed by atoms with Crippen LogP contribution in [-0.2, 0) is 0 Å². The predicted octanol–water partition coefficient (Wildman–Crippen LogP) is 1.11. The van der Waals surface area contributed by atoms with E-state index in [1.807, 2.05) is 0 Å². The van der Waals surface area contributed by atoms with E-state index in [9.17, 15) is 14.4 Å². The number of hydrogen-bond acceptors (Lipinski definition) is 5. The molecule has 1 N–H and O–H groups in total. The molecule has 0 aromatic carbocycles. The number of fused-ring (bicyclic) bond motifs is 1. The summed E-state index contributed by atoms with van der Waals surface area (Å²) in [6.45, 7) is 2.72. The summed E-state index contributed by atoms with van der Waals surface area (Å²) in [4.78, 5) is 50.3. The molecule has 3 aromatic heterocycles. The van der Waals surface area contributed by atoms with Gasteiger partial charge in [0.05, 0.1) is 5.69 Å². The number of nitrogens with one attached hydrogen (secondary N) is 1. The van der Waals surface area contributed by atoms with Crippen LogP contribution in [0.3, 0.4) is 0 Å². The van der Waals surface area contributed by atoms with Gasteiger partial charge in [0.15, 0.2) is 0 Å². The van der Waals surface area contributed by atoms with Crippen LogP contribution in [0.15, 0.2) is 46.2 Å². The van der Waals surface area contributed by atoms with Gasteiger partial charge in [0.25, 0.3) is 17.0 Å². The Morgan fingerprint density at radius 3 is 2.96 bits per heavy atom. The molecule has 1 fully saturated rings. The standard InChI is InChI=1S/C19H19N5O3/c1-12-21-15(9-17(25)22-12)13-5-4-7-23(11-13)18(26)14-10-20-16-6-2-3-8-24(16)19(14)27/h2-3,6,8-10,13H,4-5,7,11H2,1H3,(H,21,22,25). The number of pyridine rings is 1. The molecule has 8 nitrogen and oxygen atoms in total. The minimum atomic E-state index is -0.377. The highest BCUT2D eigenvalue weighted by molar-refractivity contribution is 5.93. The smallest absolute Gasteiger partial charge is 0.270 e. The summed E-state index contributed by atoms with van der Waals surface area (Å²) in [6, 6.07) is 6.71. The maximum Gasteiger partial charge on any atom is 0.270 e. The summed E-state index contributed by atoms with van der Waals surface area (Å²) in [5, 5.41) is 0. The van der Waals surface area contributed by atoms with E-state index in [4.69, 9.17) is 0 Å². The number of rotatable bonds is 2. The number of likely N-dealkylation sites (tertiary alicyclic amines) is 1. The molecule has 1 aliphatic heterocycles. The van der Waals surface area contributed by atoms with E-state index in [1.165, 1.54) is 16.7 Å². The second kappa shape index (κ2) is 6.79. The molecule has 1 amide bonds. The topological polar surface area (TPSA) is 100 Å². The lowest BCUT2D eigenvalue weighted by Gasteiger charge is -2.32. The molecule has 0 bridgehead atoms. The quantitative estimate of drug-likeness (QED) is 0.733. The lowest BCUT2D eigenvalue weighted by atomic mass is 9.94. The fourth-order valence-electron chi connectivity index (χ4n) is 3.56. The van der Waals surface area contributed by atoms with Crippen LogP contribution in [0.2, 0.25) is 0 Å². The first-order chi connectivity index (χ1) is 13.0. The summed E-state index contributed by atoms with van der Waals surface area (Å²) < 4.78 is 1.37. The van der Waals surface area contributed by atoms with Crippen molar-refractivity contribution in [3.05, 3.63) is 74.4 Å². The van der Waals surface area contributed by atoms with Crippen LogP contribution in [-0.4, -0.2) is 43.2 Å². The van der Waals surface area contributed by atoms with E-state index in [0.717, 1.165) is 12.8 Å². The number of piperidine rings is 1. The van der Waals surface area contributed by atoms with Crippen LogP contribution in [0.4, 0.5) is 0 Å². The zero-order valence-corrected chi connectivity index (χ0v) is 14.9. The van der Waals surface area contributed by atoms with Crippen molar-refractivity contribution in [2.24, 2.45) is 0 Å². The van der Waals surface area contributed by atoms with Crippen molar-refractivity contribution in [1.29, 1.82) is 0 Å². The van der Waals surface area contributed by atoms with E-state index >= 15 is 0 Å². The molecule has 0 spiro atoms. The molecule has 0 aliphatic carbocycles. The fraction of sp³-hybridized carbons (Fsp3) is 0.316. The summed E-state index contributed by atoms with van der Waals surface area (Å²) >= 11 is 0. The summed E-state index contributed by atoms with van der Waals surface area (Å²) in [6.07, 6.45) is 4.57. The SMILES string of the molecule is Cc1nc(C2CCCN(C(=O)c3cnc4ccccn4c3=O)C2)cc(=O)[nH]1.